The first-order valence-corrected chi connectivity index (χ1v) is 13.9. The van der Waals surface area contributed by atoms with Gasteiger partial charge in [0, 0.05) is 5.39 Å². The summed E-state index contributed by atoms with van der Waals surface area (Å²) in [4.78, 5) is 21.2. The van der Waals surface area contributed by atoms with Crippen molar-refractivity contribution < 1.29 is 23.4 Å². The quantitative estimate of drug-likeness (QED) is 0.211. The third-order valence-electron chi connectivity index (χ3n) is 5.56. The van der Waals surface area contributed by atoms with Crippen molar-refractivity contribution in [1.29, 1.82) is 0 Å². The molecule has 0 aliphatic rings. The van der Waals surface area contributed by atoms with E-state index in [9.17, 15) is 9.36 Å². The van der Waals surface area contributed by atoms with Crippen molar-refractivity contribution in [2.75, 3.05) is 12.1 Å². The number of anilines is 1. The number of pyridine rings is 1. The number of rotatable bonds is 11. The Balaban J connectivity index is 1.51. The van der Waals surface area contributed by atoms with Gasteiger partial charge in [0.1, 0.15) is 23.7 Å². The topological polar surface area (TPSA) is 131 Å². The number of nitrogens with two attached hydrogens (primary N) is 1. The minimum atomic E-state index is -3.66. The molecule has 0 bridgehead atoms. The molecule has 3 unspecified atom stereocenters. The van der Waals surface area contributed by atoms with Crippen LogP contribution in [0.3, 0.4) is 0 Å². The highest BCUT2D eigenvalue weighted by Crippen LogP contribution is 2.44. The largest absolute Gasteiger partial charge is 0.462 e. The van der Waals surface area contributed by atoms with E-state index >= 15 is 0 Å². The van der Waals surface area contributed by atoms with E-state index in [0.717, 1.165) is 16.4 Å². The molecule has 11 heteroatoms. The molecule has 2 aromatic carbocycles. The number of nitrogen functional groups attached to an aromatic ring is 1. The van der Waals surface area contributed by atoms with Crippen LogP contribution in [0.4, 0.5) is 5.82 Å². The molecule has 0 aliphatic carbocycles. The van der Waals surface area contributed by atoms with Gasteiger partial charge in [-0.25, -0.2) is 15.1 Å². The van der Waals surface area contributed by atoms with E-state index in [1.54, 1.807) is 51.4 Å². The Morgan fingerprint density at radius 3 is 2.51 bits per heavy atom. The predicted molar refractivity (Wildman–Crippen MR) is 143 cm³/mol. The lowest BCUT2D eigenvalue weighted by Gasteiger charge is -2.25. The second-order valence-electron chi connectivity index (χ2n) is 9.13. The van der Waals surface area contributed by atoms with Crippen molar-refractivity contribution in [3.05, 3.63) is 60.9 Å². The summed E-state index contributed by atoms with van der Waals surface area (Å²) in [6.07, 6.45) is 0.752. The van der Waals surface area contributed by atoms with Crippen molar-refractivity contribution >= 4 is 41.2 Å². The zero-order chi connectivity index (χ0) is 26.6. The molecular formula is C26H32N5O5P. The van der Waals surface area contributed by atoms with Gasteiger partial charge in [0.2, 0.25) is 0 Å². The fraction of sp³-hybridized carbons (Fsp3) is 0.346. The number of carbonyl (C=O) groups is 1. The second kappa shape index (κ2) is 11.3. The molecule has 2 aromatic heterocycles. The highest BCUT2D eigenvalue weighted by molar-refractivity contribution is 7.57. The number of hydrogen-bond donors (Lipinski definition) is 2. The Morgan fingerprint density at radius 2 is 1.78 bits per heavy atom. The molecule has 0 radical (unpaired) electrons. The van der Waals surface area contributed by atoms with Crippen molar-refractivity contribution in [2.45, 2.75) is 52.5 Å². The number of fused-ring (bicyclic) bond motifs is 3. The van der Waals surface area contributed by atoms with Gasteiger partial charge in [-0.3, -0.25) is 9.36 Å². The maximum Gasteiger partial charge on any atom is 0.342 e. The summed E-state index contributed by atoms with van der Waals surface area (Å²) in [5.41, 5.74) is 8.38. The third-order valence-corrected chi connectivity index (χ3v) is 7.33. The summed E-state index contributed by atoms with van der Waals surface area (Å²) in [7, 11) is -3.66. The molecule has 0 spiro atoms. The van der Waals surface area contributed by atoms with Gasteiger partial charge in [-0.05, 0) is 45.9 Å². The van der Waals surface area contributed by atoms with Gasteiger partial charge < -0.3 is 24.3 Å². The minimum Gasteiger partial charge on any atom is -0.462 e. The van der Waals surface area contributed by atoms with Gasteiger partial charge in [0.05, 0.1) is 36.1 Å². The van der Waals surface area contributed by atoms with Gasteiger partial charge in [-0.2, -0.15) is 0 Å². The third kappa shape index (κ3) is 6.46. The lowest BCUT2D eigenvalue weighted by Crippen LogP contribution is -2.37. The van der Waals surface area contributed by atoms with E-state index in [0.29, 0.717) is 23.6 Å². The molecule has 3 atom stereocenters. The average Bonchev–Trinajstić information content (AvgIpc) is 3.27. The van der Waals surface area contributed by atoms with E-state index < -0.39 is 19.5 Å². The summed E-state index contributed by atoms with van der Waals surface area (Å²) < 4.78 is 32.8. The molecule has 0 saturated heterocycles. The highest BCUT2D eigenvalue weighted by Gasteiger charge is 2.32. The van der Waals surface area contributed by atoms with Gasteiger partial charge in [0.25, 0.3) is 0 Å². The summed E-state index contributed by atoms with van der Waals surface area (Å²) >= 11 is 0. The van der Waals surface area contributed by atoms with E-state index in [2.05, 4.69) is 15.1 Å². The minimum absolute atomic E-state index is 0.264. The van der Waals surface area contributed by atoms with Crippen LogP contribution >= 0.6 is 7.52 Å². The normalized spacial score (nSPS) is 14.9. The molecule has 10 nitrogen and oxygen atoms in total. The number of nitrogens with one attached hydrogen (secondary N) is 1. The van der Waals surface area contributed by atoms with E-state index in [1.165, 1.54) is 0 Å². The molecule has 4 aromatic rings. The van der Waals surface area contributed by atoms with E-state index in [1.807, 2.05) is 41.8 Å². The molecule has 3 N–H and O–H groups in total. The van der Waals surface area contributed by atoms with Crippen LogP contribution < -0.4 is 15.3 Å². The molecule has 0 amide bonds. The molecule has 4 rings (SSSR count). The summed E-state index contributed by atoms with van der Waals surface area (Å²) in [6, 6.07) is 15.6. The fourth-order valence-electron chi connectivity index (χ4n) is 3.92. The number of esters is 1. The number of hydrogen-bond acceptors (Lipinski definition) is 8. The molecule has 0 saturated carbocycles. The summed E-state index contributed by atoms with van der Waals surface area (Å²) in [5, 5.41) is 3.74. The maximum absolute atomic E-state index is 13.8. The maximum atomic E-state index is 13.8. The number of imidazole rings is 1. The molecule has 2 heterocycles. The Kier molecular flexibility index (Phi) is 8.12. The van der Waals surface area contributed by atoms with Crippen LogP contribution in [0.25, 0.3) is 21.9 Å². The summed E-state index contributed by atoms with van der Waals surface area (Å²) in [6.45, 7) is 7.36. The van der Waals surface area contributed by atoms with Crippen LogP contribution in [-0.4, -0.2) is 45.1 Å². The molecule has 37 heavy (non-hydrogen) atoms. The molecular weight excluding hydrogens is 493 g/mol. The van der Waals surface area contributed by atoms with E-state index in [4.69, 9.17) is 19.7 Å². The lowest BCUT2D eigenvalue weighted by molar-refractivity contribution is -0.149. The first kappa shape index (κ1) is 26.6. The van der Waals surface area contributed by atoms with Gasteiger partial charge in [-0.1, -0.05) is 36.4 Å². The first-order chi connectivity index (χ1) is 17.6. The van der Waals surface area contributed by atoms with Crippen molar-refractivity contribution in [3.8, 4) is 5.75 Å². The van der Waals surface area contributed by atoms with Crippen LogP contribution in [0.1, 0.15) is 27.7 Å². The number of nitrogens with zero attached hydrogens (tertiary/aromatic N) is 3. The fourth-order valence-corrected chi connectivity index (χ4v) is 5.71. The van der Waals surface area contributed by atoms with Crippen LogP contribution in [-0.2, 0) is 25.4 Å². The molecule has 0 aliphatic heterocycles. The standard InChI is InChI=1S/C26H32N5O5P/c1-17(2)35-26(32)19(4)30-37(33,36-20-10-6-5-7-11-20)16-34-18(3)14-31-15-28-23-24(31)21-12-8-9-13-22(21)29-25(23)27/h5-13,15,17-19H,14,16H2,1-4H3,(H2,27,29)(H,30,33). The van der Waals surface area contributed by atoms with Crippen molar-refractivity contribution in [3.63, 3.8) is 0 Å². The van der Waals surface area contributed by atoms with Crippen molar-refractivity contribution in [1.82, 2.24) is 19.6 Å². The molecule has 196 valence electrons. The van der Waals surface area contributed by atoms with Gasteiger partial charge >= 0.3 is 13.5 Å². The Hall–Kier alpha value is -3.46. The number of ether oxygens (including phenoxy) is 2. The van der Waals surface area contributed by atoms with E-state index in [-0.39, 0.29) is 18.6 Å². The zero-order valence-electron chi connectivity index (χ0n) is 21.3. The Bertz CT molecular complexity index is 1430. The lowest BCUT2D eigenvalue weighted by atomic mass is 10.2. The number of benzene rings is 2. The van der Waals surface area contributed by atoms with Gasteiger partial charge in [-0.15, -0.1) is 0 Å². The highest BCUT2D eigenvalue weighted by atomic mass is 31.2. The summed E-state index contributed by atoms with van der Waals surface area (Å²) in [5.74, 6) is 0.227. The predicted octanol–water partition coefficient (Wildman–Crippen LogP) is 4.73. The monoisotopic (exact) mass is 525 g/mol. The Morgan fingerprint density at radius 1 is 1.08 bits per heavy atom. The smallest absolute Gasteiger partial charge is 0.342 e. The van der Waals surface area contributed by atoms with Crippen molar-refractivity contribution in [2.24, 2.45) is 0 Å². The Labute approximate surface area is 215 Å². The molecule has 0 fully saturated rings. The van der Waals surface area contributed by atoms with Crippen LogP contribution in [0, 0.1) is 0 Å². The van der Waals surface area contributed by atoms with Crippen LogP contribution in [0.15, 0.2) is 60.9 Å². The van der Waals surface area contributed by atoms with Crippen LogP contribution in [0.2, 0.25) is 0 Å². The number of carbonyl (C=O) groups excluding carboxylic acids is 1. The van der Waals surface area contributed by atoms with Gasteiger partial charge in [0.15, 0.2) is 5.82 Å². The average molecular weight is 526 g/mol. The zero-order valence-corrected chi connectivity index (χ0v) is 22.2. The number of para-hydroxylation sites is 2. The first-order valence-electron chi connectivity index (χ1n) is 12.1. The number of aromatic nitrogens is 3. The van der Waals surface area contributed by atoms with Crippen LogP contribution in [0.5, 0.6) is 5.75 Å². The second-order valence-corrected chi connectivity index (χ2v) is 11.2. The SMILES string of the molecule is CC(C)OC(=O)C(C)NP(=O)(COC(C)Cn1cnc2c(N)nc3ccccc3c21)Oc1ccccc1.